The number of anilines is 2. The Labute approximate surface area is 157 Å². The van der Waals surface area contributed by atoms with Crippen LogP contribution < -0.4 is 16.0 Å². The predicted octanol–water partition coefficient (Wildman–Crippen LogP) is 4.81. The number of fused-ring (bicyclic) bond motifs is 3. The topological polar surface area (TPSA) is 36.1 Å². The van der Waals surface area contributed by atoms with Crippen LogP contribution in [0.15, 0.2) is 30.3 Å². The van der Waals surface area contributed by atoms with E-state index in [2.05, 4.69) is 22.0 Å². The van der Waals surface area contributed by atoms with Crippen molar-refractivity contribution < 1.29 is 13.2 Å². The molecule has 0 amide bonds. The maximum Gasteiger partial charge on any atom is 0.418 e. The van der Waals surface area contributed by atoms with Gasteiger partial charge in [0.15, 0.2) is 0 Å². The standard InChI is InChI=1S/C21H24F3N3/c1-12-3-4-13(2)14(7-12)10-26-15-8-16-17-11-25-6-5-19(17)27-20(16)18(9-15)21(22,23)24/h3-4,7-9,17,19,25-27H,5-6,10-11H2,1-2H3/t17-,19-/m1/s1. The fourth-order valence-electron chi connectivity index (χ4n) is 4.18. The largest absolute Gasteiger partial charge is 0.418 e. The van der Waals surface area contributed by atoms with Gasteiger partial charge in [-0.3, -0.25) is 0 Å². The third-order valence-electron chi connectivity index (χ3n) is 5.67. The molecule has 2 atom stereocenters. The molecule has 27 heavy (non-hydrogen) atoms. The first-order chi connectivity index (χ1) is 12.8. The van der Waals surface area contributed by atoms with Gasteiger partial charge in [0.25, 0.3) is 0 Å². The molecule has 2 heterocycles. The smallest absolute Gasteiger partial charge is 0.381 e. The van der Waals surface area contributed by atoms with Gasteiger partial charge in [-0.25, -0.2) is 0 Å². The van der Waals surface area contributed by atoms with Crippen molar-refractivity contribution in [3.63, 3.8) is 0 Å². The first-order valence-electron chi connectivity index (χ1n) is 9.35. The number of nitrogens with one attached hydrogen (secondary N) is 3. The van der Waals surface area contributed by atoms with Crippen LogP contribution in [0.4, 0.5) is 24.5 Å². The lowest BCUT2D eigenvalue weighted by Gasteiger charge is -2.26. The molecule has 3 nitrogen and oxygen atoms in total. The highest BCUT2D eigenvalue weighted by molar-refractivity contribution is 5.71. The summed E-state index contributed by atoms with van der Waals surface area (Å²) in [4.78, 5) is 0. The monoisotopic (exact) mass is 375 g/mol. The second-order valence-electron chi connectivity index (χ2n) is 7.62. The van der Waals surface area contributed by atoms with Crippen LogP contribution in [0.25, 0.3) is 0 Å². The summed E-state index contributed by atoms with van der Waals surface area (Å²) in [5, 5.41) is 9.66. The molecule has 0 radical (unpaired) electrons. The summed E-state index contributed by atoms with van der Waals surface area (Å²) in [5.74, 6) is 0.0808. The van der Waals surface area contributed by atoms with Crippen molar-refractivity contribution >= 4 is 11.4 Å². The van der Waals surface area contributed by atoms with Crippen LogP contribution in [-0.2, 0) is 12.7 Å². The Morgan fingerprint density at radius 3 is 2.74 bits per heavy atom. The number of hydrogen-bond donors (Lipinski definition) is 3. The van der Waals surface area contributed by atoms with Gasteiger partial charge < -0.3 is 16.0 Å². The molecule has 2 aromatic rings. The lowest BCUT2D eigenvalue weighted by Crippen LogP contribution is -2.38. The van der Waals surface area contributed by atoms with E-state index in [4.69, 9.17) is 0 Å². The number of benzene rings is 2. The minimum absolute atomic E-state index is 0.0802. The molecule has 3 N–H and O–H groups in total. The van der Waals surface area contributed by atoms with Gasteiger partial charge in [0.1, 0.15) is 0 Å². The van der Waals surface area contributed by atoms with Crippen molar-refractivity contribution in [3.05, 3.63) is 58.1 Å². The second kappa shape index (κ2) is 6.75. The Hall–Kier alpha value is -2.21. The molecule has 2 aromatic carbocycles. The minimum Gasteiger partial charge on any atom is -0.381 e. The molecule has 0 aromatic heterocycles. The molecule has 0 bridgehead atoms. The number of halogens is 3. The van der Waals surface area contributed by atoms with Gasteiger partial charge in [0.05, 0.1) is 11.3 Å². The van der Waals surface area contributed by atoms with E-state index in [1.54, 1.807) is 0 Å². The fraction of sp³-hybridized carbons (Fsp3) is 0.429. The van der Waals surface area contributed by atoms with Crippen molar-refractivity contribution in [2.45, 2.75) is 44.9 Å². The van der Waals surface area contributed by atoms with Crippen molar-refractivity contribution in [2.24, 2.45) is 0 Å². The average molecular weight is 375 g/mol. The van der Waals surface area contributed by atoms with Crippen molar-refractivity contribution in [3.8, 4) is 0 Å². The lowest BCUT2D eigenvalue weighted by atomic mass is 9.89. The first kappa shape index (κ1) is 18.2. The summed E-state index contributed by atoms with van der Waals surface area (Å²) in [7, 11) is 0. The van der Waals surface area contributed by atoms with E-state index in [-0.39, 0.29) is 17.6 Å². The van der Waals surface area contributed by atoms with Crippen molar-refractivity contribution in [2.75, 3.05) is 23.7 Å². The quantitative estimate of drug-likeness (QED) is 0.721. The van der Waals surface area contributed by atoms with E-state index in [1.165, 1.54) is 6.07 Å². The molecule has 144 valence electrons. The highest BCUT2D eigenvalue weighted by Gasteiger charge is 2.42. The zero-order chi connectivity index (χ0) is 19.2. The molecule has 2 aliphatic heterocycles. The highest BCUT2D eigenvalue weighted by Crippen LogP contribution is 2.47. The summed E-state index contributed by atoms with van der Waals surface area (Å²) in [5.41, 5.74) is 4.35. The highest BCUT2D eigenvalue weighted by atomic mass is 19.4. The van der Waals surface area contributed by atoms with Crippen LogP contribution in [-0.4, -0.2) is 19.1 Å². The first-order valence-corrected chi connectivity index (χ1v) is 9.35. The normalized spacial score (nSPS) is 21.4. The van der Waals surface area contributed by atoms with E-state index < -0.39 is 11.7 Å². The molecule has 1 fully saturated rings. The summed E-state index contributed by atoms with van der Waals surface area (Å²) >= 11 is 0. The number of hydrogen-bond acceptors (Lipinski definition) is 3. The maximum atomic E-state index is 13.7. The van der Waals surface area contributed by atoms with Gasteiger partial charge in [0, 0.05) is 30.7 Å². The lowest BCUT2D eigenvalue weighted by molar-refractivity contribution is -0.136. The van der Waals surface area contributed by atoms with E-state index in [9.17, 15) is 13.2 Å². The summed E-state index contributed by atoms with van der Waals surface area (Å²) in [6.45, 7) is 6.08. The molecule has 0 unspecified atom stereocenters. The Balaban J connectivity index is 1.67. The molecule has 0 aliphatic carbocycles. The molecule has 2 aliphatic rings. The third kappa shape index (κ3) is 3.50. The SMILES string of the molecule is Cc1ccc(C)c(CNc2cc3c(c(C(F)(F)F)c2)N[C@@H]2CCNC[C@H]32)c1. The van der Waals surface area contributed by atoms with Gasteiger partial charge in [-0.15, -0.1) is 0 Å². The van der Waals surface area contributed by atoms with Crippen molar-refractivity contribution in [1.29, 1.82) is 0 Å². The molecule has 0 saturated carbocycles. The number of rotatable bonds is 3. The summed E-state index contributed by atoms with van der Waals surface area (Å²) in [6, 6.07) is 9.36. The number of aryl methyl sites for hydroxylation is 2. The zero-order valence-electron chi connectivity index (χ0n) is 15.5. The van der Waals surface area contributed by atoms with Crippen LogP contribution in [0.3, 0.4) is 0 Å². The van der Waals surface area contributed by atoms with Gasteiger partial charge in [0.2, 0.25) is 0 Å². The fourth-order valence-corrected chi connectivity index (χ4v) is 4.18. The van der Waals surface area contributed by atoms with Crippen molar-refractivity contribution in [1.82, 2.24) is 5.32 Å². The second-order valence-corrected chi connectivity index (χ2v) is 7.62. The van der Waals surface area contributed by atoms with Crippen LogP contribution >= 0.6 is 0 Å². The molecule has 0 spiro atoms. The zero-order valence-corrected chi connectivity index (χ0v) is 15.5. The Morgan fingerprint density at radius 2 is 1.96 bits per heavy atom. The van der Waals surface area contributed by atoms with Crippen LogP contribution in [0.2, 0.25) is 0 Å². The Bertz CT molecular complexity index is 860. The molecule has 6 heteroatoms. The van der Waals surface area contributed by atoms with Crippen LogP contribution in [0, 0.1) is 13.8 Å². The van der Waals surface area contributed by atoms with E-state index in [0.717, 1.165) is 35.2 Å². The molecule has 1 saturated heterocycles. The van der Waals surface area contributed by atoms with E-state index in [1.807, 2.05) is 32.0 Å². The van der Waals surface area contributed by atoms with Gasteiger partial charge >= 0.3 is 6.18 Å². The molecular formula is C21H24F3N3. The minimum atomic E-state index is -4.38. The maximum absolute atomic E-state index is 13.7. The number of piperidine rings is 1. The summed E-state index contributed by atoms with van der Waals surface area (Å²) in [6.07, 6.45) is -3.54. The number of alkyl halides is 3. The van der Waals surface area contributed by atoms with Gasteiger partial charge in [-0.05, 0) is 55.6 Å². The Kier molecular flexibility index (Phi) is 4.54. The van der Waals surface area contributed by atoms with Gasteiger partial charge in [-0.2, -0.15) is 13.2 Å². The van der Waals surface area contributed by atoms with E-state index in [0.29, 0.717) is 18.8 Å². The summed E-state index contributed by atoms with van der Waals surface area (Å²) < 4.78 is 41.1. The van der Waals surface area contributed by atoms with E-state index >= 15 is 0 Å². The van der Waals surface area contributed by atoms with Crippen LogP contribution in [0.1, 0.15) is 40.2 Å². The average Bonchev–Trinajstić information content (AvgIpc) is 2.99. The Morgan fingerprint density at radius 1 is 1.15 bits per heavy atom. The van der Waals surface area contributed by atoms with Crippen LogP contribution in [0.5, 0.6) is 0 Å². The molecule has 4 rings (SSSR count). The third-order valence-corrected chi connectivity index (χ3v) is 5.67. The molecular weight excluding hydrogens is 351 g/mol. The predicted molar refractivity (Wildman–Crippen MR) is 102 cm³/mol. The van der Waals surface area contributed by atoms with Gasteiger partial charge in [-0.1, -0.05) is 23.8 Å².